The monoisotopic (exact) mass is 199 g/mol. The summed E-state index contributed by atoms with van der Waals surface area (Å²) in [6.45, 7) is -0.877. The van der Waals surface area contributed by atoms with E-state index in [0.29, 0.717) is 10.8 Å². The predicted octanol–water partition coefficient (Wildman–Crippen LogP) is 3.13. The fraction of sp³-hybridized carbons (Fsp3) is 0.111. The van der Waals surface area contributed by atoms with Crippen LogP contribution in [0.1, 0.15) is 0 Å². The Morgan fingerprint density at radius 2 is 2.23 bits per heavy atom. The first-order chi connectivity index (χ1) is 6.33. The Balaban J connectivity index is 2.66. The van der Waals surface area contributed by atoms with E-state index < -0.39 is 6.86 Å². The van der Waals surface area contributed by atoms with Crippen molar-refractivity contribution >= 4 is 22.5 Å². The van der Waals surface area contributed by atoms with E-state index in [-0.39, 0.29) is 0 Å². The topological polar surface area (TPSA) is 25.0 Å². The predicted molar refractivity (Wildman–Crippen MR) is 49.9 cm³/mol. The van der Waals surface area contributed by atoms with Crippen molar-refractivity contribution in [1.29, 1.82) is 0 Å². The van der Waals surface area contributed by atoms with Crippen molar-refractivity contribution in [3.05, 3.63) is 29.4 Å². The summed E-state index contributed by atoms with van der Waals surface area (Å²) in [4.78, 5) is 2.94. The molecule has 0 aliphatic rings. The summed E-state index contributed by atoms with van der Waals surface area (Å²) < 4.78 is 16.8. The van der Waals surface area contributed by atoms with Gasteiger partial charge in [-0.2, -0.15) is 0 Å². The molecule has 0 spiro atoms. The Bertz CT molecular complexity index is 426. The number of aromatic amines is 1. The fourth-order valence-corrected chi connectivity index (χ4v) is 1.48. The molecule has 0 saturated heterocycles. The molecule has 0 amide bonds. The van der Waals surface area contributed by atoms with Crippen LogP contribution in [-0.4, -0.2) is 11.8 Å². The lowest BCUT2D eigenvalue weighted by atomic mass is 10.2. The number of benzene rings is 1. The van der Waals surface area contributed by atoms with E-state index in [1.807, 2.05) is 12.1 Å². The Hall–Kier alpha value is -1.22. The van der Waals surface area contributed by atoms with E-state index in [4.69, 9.17) is 16.3 Å². The quantitative estimate of drug-likeness (QED) is 0.790. The highest BCUT2D eigenvalue weighted by atomic mass is 35.5. The molecule has 0 atom stereocenters. The van der Waals surface area contributed by atoms with Gasteiger partial charge in [-0.05, 0) is 12.1 Å². The van der Waals surface area contributed by atoms with Crippen LogP contribution in [0.2, 0.25) is 5.02 Å². The first kappa shape index (κ1) is 8.38. The number of fused-ring (bicyclic) bond motifs is 1. The Labute approximate surface area is 79.3 Å². The largest absolute Gasteiger partial charge is 0.459 e. The number of aromatic nitrogens is 1. The molecule has 2 nitrogen and oxygen atoms in total. The minimum absolute atomic E-state index is 0.367. The summed E-state index contributed by atoms with van der Waals surface area (Å²) in [6, 6.07) is 5.40. The molecule has 1 heterocycles. The zero-order valence-corrected chi connectivity index (χ0v) is 7.44. The summed E-state index contributed by atoms with van der Waals surface area (Å²) in [5, 5.41) is 1.36. The van der Waals surface area contributed by atoms with E-state index in [2.05, 4.69) is 4.98 Å². The molecule has 0 saturated carbocycles. The molecular formula is C9H7ClFNO. The Morgan fingerprint density at radius 3 is 3.00 bits per heavy atom. The van der Waals surface area contributed by atoms with Gasteiger partial charge in [-0.1, -0.05) is 17.7 Å². The first-order valence-corrected chi connectivity index (χ1v) is 4.15. The van der Waals surface area contributed by atoms with E-state index in [0.717, 1.165) is 10.9 Å². The van der Waals surface area contributed by atoms with Crippen molar-refractivity contribution in [1.82, 2.24) is 4.98 Å². The van der Waals surface area contributed by atoms with Crippen LogP contribution in [0.15, 0.2) is 24.4 Å². The number of nitrogens with one attached hydrogen (secondary N) is 1. The lowest BCUT2D eigenvalue weighted by molar-refractivity contribution is 0.194. The SMILES string of the molecule is FCOc1c(Cl)ccc2cc[nH]c12. The highest BCUT2D eigenvalue weighted by Gasteiger charge is 2.07. The van der Waals surface area contributed by atoms with Gasteiger partial charge in [0.15, 0.2) is 5.75 Å². The van der Waals surface area contributed by atoms with Crippen molar-refractivity contribution < 1.29 is 9.13 Å². The highest BCUT2D eigenvalue weighted by molar-refractivity contribution is 6.33. The molecule has 0 aliphatic heterocycles. The molecule has 68 valence electrons. The average Bonchev–Trinajstić information content (AvgIpc) is 2.58. The fourth-order valence-electron chi connectivity index (χ4n) is 1.27. The molecule has 13 heavy (non-hydrogen) atoms. The van der Waals surface area contributed by atoms with Crippen LogP contribution in [0.5, 0.6) is 5.75 Å². The standard InChI is InChI=1S/C9H7ClFNO/c10-7-2-1-6-3-4-12-8(6)9(7)13-5-11/h1-4,12H,5H2. The molecule has 2 rings (SSSR count). The number of hydrogen-bond acceptors (Lipinski definition) is 1. The van der Waals surface area contributed by atoms with Gasteiger partial charge < -0.3 is 9.72 Å². The van der Waals surface area contributed by atoms with Crippen LogP contribution >= 0.6 is 11.6 Å². The van der Waals surface area contributed by atoms with Gasteiger partial charge >= 0.3 is 0 Å². The van der Waals surface area contributed by atoms with Crippen molar-refractivity contribution in [3.8, 4) is 5.75 Å². The first-order valence-electron chi connectivity index (χ1n) is 3.77. The van der Waals surface area contributed by atoms with Gasteiger partial charge in [-0.15, -0.1) is 0 Å². The maximum atomic E-state index is 12.0. The van der Waals surface area contributed by atoms with Gasteiger partial charge in [-0.3, -0.25) is 0 Å². The lowest BCUT2D eigenvalue weighted by Crippen LogP contribution is -1.91. The normalized spacial score (nSPS) is 10.6. The van der Waals surface area contributed by atoms with Gasteiger partial charge in [0.25, 0.3) is 0 Å². The second-order valence-electron chi connectivity index (χ2n) is 2.57. The number of H-pyrrole nitrogens is 1. The van der Waals surface area contributed by atoms with Crippen molar-refractivity contribution in [3.63, 3.8) is 0 Å². The van der Waals surface area contributed by atoms with E-state index >= 15 is 0 Å². The van der Waals surface area contributed by atoms with Crippen LogP contribution in [-0.2, 0) is 0 Å². The molecule has 0 aliphatic carbocycles. The molecule has 0 bridgehead atoms. The van der Waals surface area contributed by atoms with E-state index in [9.17, 15) is 4.39 Å². The van der Waals surface area contributed by atoms with E-state index in [1.165, 1.54) is 0 Å². The number of rotatable bonds is 2. The summed E-state index contributed by atoms with van der Waals surface area (Å²) in [5.41, 5.74) is 0.727. The molecule has 1 aromatic carbocycles. The second-order valence-corrected chi connectivity index (χ2v) is 2.98. The summed E-state index contributed by atoms with van der Waals surface area (Å²) >= 11 is 5.83. The molecule has 1 aromatic heterocycles. The van der Waals surface area contributed by atoms with Crippen molar-refractivity contribution in [2.45, 2.75) is 0 Å². The van der Waals surface area contributed by atoms with Gasteiger partial charge in [0.2, 0.25) is 6.86 Å². The minimum atomic E-state index is -0.877. The summed E-state index contributed by atoms with van der Waals surface area (Å²) in [5.74, 6) is 0.367. The number of alkyl halides is 1. The maximum Gasteiger partial charge on any atom is 0.228 e. The van der Waals surface area contributed by atoms with Crippen LogP contribution in [0.4, 0.5) is 4.39 Å². The van der Waals surface area contributed by atoms with Gasteiger partial charge in [0.1, 0.15) is 0 Å². The van der Waals surface area contributed by atoms with Crippen LogP contribution in [0.3, 0.4) is 0 Å². The highest BCUT2D eigenvalue weighted by Crippen LogP contribution is 2.32. The lowest BCUT2D eigenvalue weighted by Gasteiger charge is -2.04. The third kappa shape index (κ3) is 1.35. The molecule has 0 fully saturated rings. The smallest absolute Gasteiger partial charge is 0.228 e. The third-order valence-corrected chi connectivity index (χ3v) is 2.13. The summed E-state index contributed by atoms with van der Waals surface area (Å²) in [6.07, 6.45) is 1.76. The van der Waals surface area contributed by atoms with Crippen molar-refractivity contribution in [2.24, 2.45) is 0 Å². The molecule has 0 radical (unpaired) electrons. The Morgan fingerprint density at radius 1 is 1.38 bits per heavy atom. The van der Waals surface area contributed by atoms with Gasteiger partial charge in [-0.25, -0.2) is 4.39 Å². The molecule has 2 aromatic rings. The van der Waals surface area contributed by atoms with Gasteiger partial charge in [0, 0.05) is 11.6 Å². The zero-order valence-electron chi connectivity index (χ0n) is 6.68. The third-order valence-electron chi connectivity index (χ3n) is 1.83. The molecular weight excluding hydrogens is 193 g/mol. The maximum absolute atomic E-state index is 12.0. The van der Waals surface area contributed by atoms with E-state index in [1.54, 1.807) is 12.3 Å². The minimum Gasteiger partial charge on any atom is -0.459 e. The zero-order chi connectivity index (χ0) is 9.26. The second kappa shape index (κ2) is 3.26. The number of halogens is 2. The van der Waals surface area contributed by atoms with Crippen molar-refractivity contribution in [2.75, 3.05) is 6.86 Å². The number of hydrogen-bond donors (Lipinski definition) is 1. The van der Waals surface area contributed by atoms with Crippen LogP contribution < -0.4 is 4.74 Å². The summed E-state index contributed by atoms with van der Waals surface area (Å²) in [7, 11) is 0. The van der Waals surface area contributed by atoms with Crippen LogP contribution in [0, 0.1) is 0 Å². The molecule has 0 unspecified atom stereocenters. The molecule has 1 N–H and O–H groups in total. The molecule has 4 heteroatoms. The number of ether oxygens (including phenoxy) is 1. The van der Waals surface area contributed by atoms with Gasteiger partial charge in [0.05, 0.1) is 10.5 Å². The Kier molecular flexibility index (Phi) is 2.10. The average molecular weight is 200 g/mol. The van der Waals surface area contributed by atoms with Crippen LogP contribution in [0.25, 0.3) is 10.9 Å².